The van der Waals surface area contributed by atoms with Gasteiger partial charge in [0, 0.05) is 43.9 Å². The van der Waals surface area contributed by atoms with Crippen molar-refractivity contribution in [3.05, 3.63) is 84.4 Å². The molecule has 0 aromatic heterocycles. The van der Waals surface area contributed by atoms with E-state index in [0.717, 1.165) is 13.8 Å². The second-order valence-corrected chi connectivity index (χ2v) is 15.1. The van der Waals surface area contributed by atoms with Gasteiger partial charge >= 0.3 is 29.8 Å². The first-order chi connectivity index (χ1) is 24.3. The van der Waals surface area contributed by atoms with Gasteiger partial charge in [0.15, 0.2) is 17.5 Å². The lowest BCUT2D eigenvalue weighted by Gasteiger charge is -2.69. The Balaban J connectivity index is 1.82. The van der Waals surface area contributed by atoms with Crippen molar-refractivity contribution < 1.29 is 57.6 Å². The number of ketones is 1. The molecule has 12 heteroatoms. The number of aliphatic hydroxyl groups is 1. The van der Waals surface area contributed by atoms with Crippen LogP contribution in [0.2, 0.25) is 0 Å². The van der Waals surface area contributed by atoms with E-state index in [4.69, 9.17) is 23.7 Å². The Morgan fingerprint density at radius 1 is 0.731 bits per heavy atom. The number of ether oxygens (including phenoxy) is 5. The molecule has 0 aliphatic heterocycles. The standard InChI is InChI=1S/C40H46O12/c1-9-38(7)21-27(51-34(44)25-16-12-10-13-17-25)31-39(8)28(20-29(48-22(2)41)40(31,47)36(38)46)37(5,6)32(50-24(4)43)30(49-23(3)42)33(39)52-35(45)26-18-14-11-15-19-26/h9-19,27-33,47H,1,20-21H2,2-8H3/t27-,28+,29-,30?,31-,32-,33+,38+,39+,40+/m1/s1. The van der Waals surface area contributed by atoms with Crippen LogP contribution in [0.4, 0.5) is 0 Å². The van der Waals surface area contributed by atoms with Gasteiger partial charge in [-0.2, -0.15) is 0 Å². The molecule has 278 valence electrons. The fourth-order valence-corrected chi connectivity index (χ4v) is 9.28. The Morgan fingerprint density at radius 3 is 1.71 bits per heavy atom. The van der Waals surface area contributed by atoms with Crippen molar-refractivity contribution in [2.75, 3.05) is 0 Å². The first-order valence-corrected chi connectivity index (χ1v) is 17.3. The molecule has 3 fully saturated rings. The largest absolute Gasteiger partial charge is 0.459 e. The van der Waals surface area contributed by atoms with Crippen LogP contribution >= 0.6 is 0 Å². The number of benzene rings is 2. The molecule has 12 nitrogen and oxygen atoms in total. The molecule has 0 amide bonds. The second-order valence-electron chi connectivity index (χ2n) is 15.1. The third-order valence-electron chi connectivity index (χ3n) is 11.4. The number of rotatable bonds is 8. The van der Waals surface area contributed by atoms with Gasteiger partial charge in [-0.05, 0) is 43.5 Å². The fraction of sp³-hybridized carbons (Fsp3) is 0.500. The van der Waals surface area contributed by atoms with E-state index in [0.29, 0.717) is 0 Å². The van der Waals surface area contributed by atoms with Crippen LogP contribution in [0.1, 0.15) is 82.0 Å². The lowest BCUT2D eigenvalue weighted by Crippen LogP contribution is -2.81. The molecular weight excluding hydrogens is 672 g/mol. The number of fused-ring (bicyclic) bond motifs is 3. The van der Waals surface area contributed by atoms with Gasteiger partial charge in [-0.15, -0.1) is 6.58 Å². The summed E-state index contributed by atoms with van der Waals surface area (Å²) in [5, 5.41) is 13.1. The van der Waals surface area contributed by atoms with Crippen molar-refractivity contribution in [1.82, 2.24) is 0 Å². The zero-order valence-corrected chi connectivity index (χ0v) is 30.5. The van der Waals surface area contributed by atoms with E-state index in [1.165, 1.54) is 25.1 Å². The van der Waals surface area contributed by atoms with Crippen LogP contribution < -0.4 is 0 Å². The van der Waals surface area contributed by atoms with Crippen molar-refractivity contribution in [1.29, 1.82) is 0 Å². The van der Waals surface area contributed by atoms with E-state index in [-0.39, 0.29) is 24.0 Å². The quantitative estimate of drug-likeness (QED) is 0.225. The highest BCUT2D eigenvalue weighted by molar-refractivity contribution is 5.97. The predicted molar refractivity (Wildman–Crippen MR) is 184 cm³/mol. The van der Waals surface area contributed by atoms with E-state index < -0.39 is 99.8 Å². The maximum atomic E-state index is 14.8. The minimum Gasteiger partial charge on any atom is -0.459 e. The van der Waals surface area contributed by atoms with Gasteiger partial charge in [0.05, 0.1) is 16.5 Å². The Bertz CT molecular complexity index is 1750. The summed E-state index contributed by atoms with van der Waals surface area (Å²) in [5.41, 5.74) is -6.47. The molecular formula is C40H46O12. The lowest BCUT2D eigenvalue weighted by molar-refractivity contribution is -0.314. The molecule has 5 rings (SSSR count). The molecule has 3 saturated carbocycles. The molecule has 0 saturated heterocycles. The summed E-state index contributed by atoms with van der Waals surface area (Å²) in [6, 6.07) is 16.2. The maximum Gasteiger partial charge on any atom is 0.338 e. The Morgan fingerprint density at radius 2 is 1.23 bits per heavy atom. The normalized spacial score (nSPS) is 34.7. The zero-order valence-electron chi connectivity index (χ0n) is 30.5. The monoisotopic (exact) mass is 718 g/mol. The van der Waals surface area contributed by atoms with Crippen LogP contribution in [0.15, 0.2) is 73.3 Å². The lowest BCUT2D eigenvalue weighted by atomic mass is 9.38. The molecule has 52 heavy (non-hydrogen) atoms. The first-order valence-electron chi connectivity index (χ1n) is 17.3. The second kappa shape index (κ2) is 13.9. The minimum absolute atomic E-state index is 0.146. The van der Waals surface area contributed by atoms with Gasteiger partial charge < -0.3 is 28.8 Å². The number of allylic oxidation sites excluding steroid dienone is 1. The summed E-state index contributed by atoms with van der Waals surface area (Å²) >= 11 is 0. The van der Waals surface area contributed by atoms with Gasteiger partial charge in [0.25, 0.3) is 0 Å². The summed E-state index contributed by atoms with van der Waals surface area (Å²) in [6.07, 6.45) is -5.96. The molecule has 2 aromatic rings. The van der Waals surface area contributed by atoms with E-state index in [1.54, 1.807) is 76.2 Å². The minimum atomic E-state index is -2.55. The van der Waals surface area contributed by atoms with Crippen molar-refractivity contribution in [3.63, 3.8) is 0 Å². The van der Waals surface area contributed by atoms with Gasteiger partial charge in [-0.3, -0.25) is 19.2 Å². The summed E-state index contributed by atoms with van der Waals surface area (Å²) in [5.74, 6) is -6.85. The number of Topliss-reactive ketones (excluding diaryl/α,β-unsaturated/α-hetero) is 1. The van der Waals surface area contributed by atoms with Gasteiger partial charge in [0.2, 0.25) is 0 Å². The average Bonchev–Trinajstić information content (AvgIpc) is 3.08. The summed E-state index contributed by atoms with van der Waals surface area (Å²) in [6.45, 7) is 14.1. The Hall–Kier alpha value is -4.84. The van der Waals surface area contributed by atoms with Gasteiger partial charge in [-0.25, -0.2) is 9.59 Å². The third-order valence-corrected chi connectivity index (χ3v) is 11.4. The van der Waals surface area contributed by atoms with Crippen molar-refractivity contribution in [2.24, 2.45) is 28.1 Å². The summed E-state index contributed by atoms with van der Waals surface area (Å²) in [4.78, 5) is 80.9. The van der Waals surface area contributed by atoms with Crippen LogP contribution in [0.25, 0.3) is 0 Å². The smallest absolute Gasteiger partial charge is 0.338 e. The number of esters is 5. The van der Waals surface area contributed by atoms with Crippen molar-refractivity contribution in [2.45, 2.75) is 97.4 Å². The van der Waals surface area contributed by atoms with Crippen LogP contribution in [0.5, 0.6) is 0 Å². The summed E-state index contributed by atoms with van der Waals surface area (Å²) < 4.78 is 30.2. The molecule has 2 aromatic carbocycles. The topological polar surface area (TPSA) is 169 Å². The molecule has 3 aliphatic rings. The van der Waals surface area contributed by atoms with Crippen LogP contribution in [-0.2, 0) is 42.9 Å². The van der Waals surface area contributed by atoms with E-state index in [1.807, 2.05) is 0 Å². The maximum absolute atomic E-state index is 14.8. The number of hydrogen-bond donors (Lipinski definition) is 1. The fourth-order valence-electron chi connectivity index (χ4n) is 9.28. The SMILES string of the molecule is C=C[C@@]1(C)C[C@@H](OC(=O)c2ccccc2)[C@H]2[C@](O)(C1=O)[C@H](OC(C)=O)C[C@H]1C(C)(C)[C@H](OC(C)=O)C(OC(C)=O)[C@H](OC(=O)c3ccccc3)[C@@]12C. The molecule has 3 aliphatic carbocycles. The zero-order chi connectivity index (χ0) is 38.4. The first kappa shape index (κ1) is 38.4. The number of carbonyl (C=O) groups is 6. The highest BCUT2D eigenvalue weighted by Crippen LogP contribution is 2.68. The van der Waals surface area contributed by atoms with Crippen LogP contribution in [-0.4, -0.2) is 76.9 Å². The molecule has 0 bridgehead atoms. The van der Waals surface area contributed by atoms with E-state index >= 15 is 0 Å². The molecule has 0 radical (unpaired) electrons. The van der Waals surface area contributed by atoms with E-state index in [9.17, 15) is 33.9 Å². The Kier molecular flexibility index (Phi) is 10.3. The molecule has 1 N–H and O–H groups in total. The van der Waals surface area contributed by atoms with Gasteiger partial charge in [0.1, 0.15) is 24.4 Å². The average molecular weight is 719 g/mol. The predicted octanol–water partition coefficient (Wildman–Crippen LogP) is 4.81. The van der Waals surface area contributed by atoms with Crippen molar-refractivity contribution >= 4 is 35.6 Å². The molecule has 0 heterocycles. The van der Waals surface area contributed by atoms with E-state index in [2.05, 4.69) is 6.58 Å². The molecule has 1 unspecified atom stereocenters. The summed E-state index contributed by atoms with van der Waals surface area (Å²) in [7, 11) is 0. The molecule has 10 atom stereocenters. The Labute approximate surface area is 302 Å². The number of hydrogen-bond acceptors (Lipinski definition) is 12. The van der Waals surface area contributed by atoms with Crippen molar-refractivity contribution in [3.8, 4) is 0 Å². The highest BCUT2D eigenvalue weighted by atomic mass is 16.6. The third kappa shape index (κ3) is 6.42. The number of carbonyl (C=O) groups excluding carboxylic acids is 6. The van der Waals surface area contributed by atoms with Crippen LogP contribution in [0, 0.1) is 28.1 Å². The van der Waals surface area contributed by atoms with Gasteiger partial charge in [-0.1, -0.05) is 63.2 Å². The van der Waals surface area contributed by atoms with Crippen LogP contribution in [0.3, 0.4) is 0 Å². The highest BCUT2D eigenvalue weighted by Gasteiger charge is 2.79. The molecule has 0 spiro atoms.